The van der Waals surface area contributed by atoms with E-state index in [-0.39, 0.29) is 0 Å². The standard InChI is InChI=1S/C12H21N3/c1-10-12(9-15(2)14-10)8-13-7-11-5-3-4-6-11/h9,11,13H,3-8H2,1-2H3. The highest BCUT2D eigenvalue weighted by Crippen LogP contribution is 2.23. The minimum Gasteiger partial charge on any atom is -0.312 e. The first-order valence-corrected chi connectivity index (χ1v) is 5.95. The molecule has 1 fully saturated rings. The Balaban J connectivity index is 1.75. The fourth-order valence-corrected chi connectivity index (χ4v) is 2.45. The molecule has 1 aromatic rings. The van der Waals surface area contributed by atoms with Gasteiger partial charge in [0, 0.05) is 25.4 Å². The number of nitrogens with one attached hydrogen (secondary N) is 1. The van der Waals surface area contributed by atoms with Gasteiger partial charge in [-0.1, -0.05) is 12.8 Å². The lowest BCUT2D eigenvalue weighted by Crippen LogP contribution is -2.20. The molecule has 15 heavy (non-hydrogen) atoms. The highest BCUT2D eigenvalue weighted by Gasteiger charge is 2.14. The second-order valence-corrected chi connectivity index (χ2v) is 4.69. The summed E-state index contributed by atoms with van der Waals surface area (Å²) in [5.41, 5.74) is 2.48. The average molecular weight is 207 g/mol. The van der Waals surface area contributed by atoms with Gasteiger partial charge in [0.1, 0.15) is 0 Å². The summed E-state index contributed by atoms with van der Waals surface area (Å²) in [5, 5.41) is 7.88. The number of nitrogens with zero attached hydrogens (tertiary/aromatic N) is 2. The first-order chi connectivity index (χ1) is 7.25. The van der Waals surface area contributed by atoms with E-state index >= 15 is 0 Å². The summed E-state index contributed by atoms with van der Waals surface area (Å²) in [5.74, 6) is 0.918. The van der Waals surface area contributed by atoms with Gasteiger partial charge in [-0.25, -0.2) is 0 Å². The maximum atomic E-state index is 4.34. The molecule has 1 aliphatic rings. The Bertz CT molecular complexity index is 311. The van der Waals surface area contributed by atoms with Gasteiger partial charge in [0.05, 0.1) is 5.69 Å². The second kappa shape index (κ2) is 4.79. The van der Waals surface area contributed by atoms with E-state index in [0.29, 0.717) is 0 Å². The van der Waals surface area contributed by atoms with Crippen molar-refractivity contribution >= 4 is 0 Å². The van der Waals surface area contributed by atoms with Crippen molar-refractivity contribution < 1.29 is 0 Å². The number of aromatic nitrogens is 2. The highest BCUT2D eigenvalue weighted by molar-refractivity contribution is 5.14. The van der Waals surface area contributed by atoms with E-state index in [1.54, 1.807) is 0 Å². The molecule has 1 heterocycles. The lowest BCUT2D eigenvalue weighted by Gasteiger charge is -2.09. The van der Waals surface area contributed by atoms with Crippen LogP contribution in [0.4, 0.5) is 0 Å². The summed E-state index contributed by atoms with van der Waals surface area (Å²) >= 11 is 0. The van der Waals surface area contributed by atoms with Gasteiger partial charge in [-0.05, 0) is 32.2 Å². The molecule has 2 rings (SSSR count). The Morgan fingerprint density at radius 1 is 1.47 bits per heavy atom. The van der Waals surface area contributed by atoms with Gasteiger partial charge in [0.25, 0.3) is 0 Å². The Hall–Kier alpha value is -0.830. The predicted octanol–water partition coefficient (Wildman–Crippen LogP) is 2.01. The number of rotatable bonds is 4. The molecule has 0 spiro atoms. The van der Waals surface area contributed by atoms with Crippen LogP contribution >= 0.6 is 0 Å². The summed E-state index contributed by atoms with van der Waals surface area (Å²) < 4.78 is 1.89. The minimum absolute atomic E-state index is 0.918. The third-order valence-electron chi connectivity index (χ3n) is 3.34. The van der Waals surface area contributed by atoms with Gasteiger partial charge in [-0.2, -0.15) is 5.10 Å². The summed E-state index contributed by atoms with van der Waals surface area (Å²) in [6.45, 7) is 4.22. The van der Waals surface area contributed by atoms with Crippen LogP contribution in [0.3, 0.4) is 0 Å². The van der Waals surface area contributed by atoms with Crippen molar-refractivity contribution in [1.82, 2.24) is 15.1 Å². The molecule has 1 aliphatic carbocycles. The molecule has 0 atom stereocenters. The zero-order chi connectivity index (χ0) is 10.7. The van der Waals surface area contributed by atoms with Gasteiger partial charge >= 0.3 is 0 Å². The van der Waals surface area contributed by atoms with Crippen LogP contribution < -0.4 is 5.32 Å². The van der Waals surface area contributed by atoms with Crippen LogP contribution in [0.25, 0.3) is 0 Å². The predicted molar refractivity (Wildman–Crippen MR) is 61.6 cm³/mol. The maximum Gasteiger partial charge on any atom is 0.0638 e. The minimum atomic E-state index is 0.918. The normalized spacial score (nSPS) is 17.5. The largest absolute Gasteiger partial charge is 0.312 e. The van der Waals surface area contributed by atoms with Crippen LogP contribution in [0.2, 0.25) is 0 Å². The molecular weight excluding hydrogens is 186 g/mol. The zero-order valence-corrected chi connectivity index (χ0v) is 9.79. The van der Waals surface area contributed by atoms with E-state index in [4.69, 9.17) is 0 Å². The summed E-state index contributed by atoms with van der Waals surface area (Å²) in [7, 11) is 1.98. The molecule has 0 aliphatic heterocycles. The Kier molecular flexibility index (Phi) is 3.41. The van der Waals surface area contributed by atoms with E-state index in [0.717, 1.165) is 18.2 Å². The zero-order valence-electron chi connectivity index (χ0n) is 9.79. The van der Waals surface area contributed by atoms with Gasteiger partial charge in [0.2, 0.25) is 0 Å². The van der Waals surface area contributed by atoms with Crippen LogP contribution in [0, 0.1) is 12.8 Å². The van der Waals surface area contributed by atoms with Gasteiger partial charge in [-0.3, -0.25) is 4.68 Å². The van der Waals surface area contributed by atoms with Crippen LogP contribution in [-0.4, -0.2) is 16.3 Å². The van der Waals surface area contributed by atoms with Crippen LogP contribution in [-0.2, 0) is 13.6 Å². The van der Waals surface area contributed by atoms with Crippen molar-refractivity contribution in [2.24, 2.45) is 13.0 Å². The van der Waals surface area contributed by atoms with Crippen molar-refractivity contribution in [3.8, 4) is 0 Å². The fraction of sp³-hybridized carbons (Fsp3) is 0.750. The van der Waals surface area contributed by atoms with Gasteiger partial charge in [0.15, 0.2) is 0 Å². The van der Waals surface area contributed by atoms with Gasteiger partial charge < -0.3 is 5.32 Å². The van der Waals surface area contributed by atoms with Crippen molar-refractivity contribution in [3.63, 3.8) is 0 Å². The summed E-state index contributed by atoms with van der Waals surface area (Å²) in [6, 6.07) is 0. The third kappa shape index (κ3) is 2.81. The maximum absolute atomic E-state index is 4.34. The number of aryl methyl sites for hydroxylation is 2. The first kappa shape index (κ1) is 10.7. The molecule has 0 aromatic carbocycles. The molecule has 3 nitrogen and oxygen atoms in total. The van der Waals surface area contributed by atoms with E-state index < -0.39 is 0 Å². The Labute approximate surface area is 91.9 Å². The second-order valence-electron chi connectivity index (χ2n) is 4.69. The molecular formula is C12H21N3. The highest BCUT2D eigenvalue weighted by atomic mass is 15.2. The molecule has 1 saturated carbocycles. The van der Waals surface area contributed by atoms with E-state index in [2.05, 4.69) is 23.5 Å². The van der Waals surface area contributed by atoms with Crippen molar-refractivity contribution in [2.75, 3.05) is 6.54 Å². The van der Waals surface area contributed by atoms with Crippen molar-refractivity contribution in [1.29, 1.82) is 0 Å². The van der Waals surface area contributed by atoms with Crippen LogP contribution in [0.5, 0.6) is 0 Å². The molecule has 0 unspecified atom stereocenters. The van der Waals surface area contributed by atoms with Crippen LogP contribution in [0.15, 0.2) is 6.20 Å². The molecule has 1 N–H and O–H groups in total. The fourth-order valence-electron chi connectivity index (χ4n) is 2.45. The molecule has 0 saturated heterocycles. The summed E-state index contributed by atoms with van der Waals surface area (Å²) in [6.07, 6.45) is 7.80. The lowest BCUT2D eigenvalue weighted by atomic mass is 10.1. The smallest absolute Gasteiger partial charge is 0.0638 e. The number of hydrogen-bond acceptors (Lipinski definition) is 2. The first-order valence-electron chi connectivity index (χ1n) is 5.95. The topological polar surface area (TPSA) is 29.9 Å². The molecule has 0 radical (unpaired) electrons. The van der Waals surface area contributed by atoms with E-state index in [1.807, 2.05) is 11.7 Å². The Morgan fingerprint density at radius 3 is 2.80 bits per heavy atom. The van der Waals surface area contributed by atoms with Crippen molar-refractivity contribution in [3.05, 3.63) is 17.5 Å². The molecule has 0 bridgehead atoms. The SMILES string of the molecule is Cc1nn(C)cc1CNCC1CCCC1. The molecule has 0 amide bonds. The van der Waals surface area contributed by atoms with E-state index in [9.17, 15) is 0 Å². The van der Waals surface area contributed by atoms with E-state index in [1.165, 1.54) is 37.8 Å². The molecule has 1 aromatic heterocycles. The van der Waals surface area contributed by atoms with Gasteiger partial charge in [-0.15, -0.1) is 0 Å². The quantitative estimate of drug-likeness (QED) is 0.818. The lowest BCUT2D eigenvalue weighted by molar-refractivity contribution is 0.489. The molecule has 3 heteroatoms. The average Bonchev–Trinajstić information content (AvgIpc) is 2.77. The molecule has 84 valence electrons. The number of hydrogen-bond donors (Lipinski definition) is 1. The monoisotopic (exact) mass is 207 g/mol. The Morgan fingerprint density at radius 2 is 2.20 bits per heavy atom. The van der Waals surface area contributed by atoms with Crippen LogP contribution in [0.1, 0.15) is 36.9 Å². The van der Waals surface area contributed by atoms with Crippen molar-refractivity contribution in [2.45, 2.75) is 39.2 Å². The third-order valence-corrected chi connectivity index (χ3v) is 3.34. The summed E-state index contributed by atoms with van der Waals surface area (Å²) in [4.78, 5) is 0.